The van der Waals surface area contributed by atoms with E-state index >= 15 is 0 Å². The molecule has 0 fully saturated rings. The molecule has 2 heterocycles. The smallest absolute Gasteiger partial charge is 0.0772 e. The van der Waals surface area contributed by atoms with Gasteiger partial charge in [0.05, 0.1) is 32.5 Å². The summed E-state index contributed by atoms with van der Waals surface area (Å²) in [4.78, 5) is 1.19. The van der Waals surface area contributed by atoms with Gasteiger partial charge < -0.3 is 5.32 Å². The van der Waals surface area contributed by atoms with Crippen LogP contribution in [0.25, 0.3) is 0 Å². The molecular weight excluding hydrogens is 326 g/mol. The van der Waals surface area contributed by atoms with Gasteiger partial charge in [0.25, 0.3) is 0 Å². The molecule has 104 valence electrons. The van der Waals surface area contributed by atoms with E-state index in [0.717, 1.165) is 28.7 Å². The predicted octanol–water partition coefficient (Wildman–Crippen LogP) is 2.41. The van der Waals surface area contributed by atoms with Gasteiger partial charge in [-0.05, 0) is 47.9 Å². The van der Waals surface area contributed by atoms with Gasteiger partial charge >= 0.3 is 0 Å². The van der Waals surface area contributed by atoms with Crippen LogP contribution in [0.2, 0.25) is 0 Å². The summed E-state index contributed by atoms with van der Waals surface area (Å²) in [6.45, 7) is 4.11. The molecule has 2 aromatic heterocycles. The summed E-state index contributed by atoms with van der Waals surface area (Å²) >= 11 is 5.12. The van der Waals surface area contributed by atoms with Crippen molar-refractivity contribution in [1.82, 2.24) is 24.7 Å². The molecule has 0 saturated heterocycles. The van der Waals surface area contributed by atoms with Crippen molar-refractivity contribution >= 4 is 27.5 Å². The van der Waals surface area contributed by atoms with Gasteiger partial charge in [0.2, 0.25) is 0 Å². The fraction of sp³-hybridized carbons (Fsp3) is 0.583. The fourth-order valence-corrected chi connectivity index (χ4v) is 3.65. The second-order valence-electron chi connectivity index (χ2n) is 4.45. The van der Waals surface area contributed by atoms with Crippen molar-refractivity contribution in [3.8, 4) is 0 Å². The molecule has 2 rings (SSSR count). The first-order valence-corrected chi connectivity index (χ1v) is 7.81. The Morgan fingerprint density at radius 2 is 2.21 bits per heavy atom. The Bertz CT molecular complexity index is 562. The Hall–Kier alpha value is -0.790. The molecule has 0 saturated carbocycles. The molecule has 7 heteroatoms. The lowest BCUT2D eigenvalue weighted by Crippen LogP contribution is -2.20. The van der Waals surface area contributed by atoms with Crippen molar-refractivity contribution < 1.29 is 0 Å². The van der Waals surface area contributed by atoms with Crippen molar-refractivity contribution in [2.75, 3.05) is 7.05 Å². The third-order valence-electron chi connectivity index (χ3n) is 3.25. The summed E-state index contributed by atoms with van der Waals surface area (Å²) in [5.74, 6) is 0. The average Bonchev–Trinajstić information content (AvgIpc) is 2.93. The Balaban J connectivity index is 2.29. The van der Waals surface area contributed by atoms with Crippen LogP contribution in [0, 0.1) is 6.92 Å². The first kappa shape index (κ1) is 14.6. The number of rotatable bonds is 5. The molecule has 0 aromatic carbocycles. The van der Waals surface area contributed by atoms with Crippen molar-refractivity contribution in [3.63, 3.8) is 0 Å². The first-order valence-electron chi connectivity index (χ1n) is 6.24. The molecule has 1 N–H and O–H groups in total. The van der Waals surface area contributed by atoms with E-state index in [1.807, 2.05) is 25.7 Å². The van der Waals surface area contributed by atoms with Gasteiger partial charge in [0, 0.05) is 13.5 Å². The second-order valence-corrected chi connectivity index (χ2v) is 6.03. The topological polar surface area (TPSA) is 55.6 Å². The molecule has 5 nitrogen and oxygen atoms in total. The Morgan fingerprint density at radius 3 is 2.68 bits per heavy atom. The maximum atomic E-state index is 4.53. The van der Waals surface area contributed by atoms with Gasteiger partial charge in [-0.1, -0.05) is 11.4 Å². The molecule has 2 aromatic rings. The fourth-order valence-electron chi connectivity index (χ4n) is 2.12. The van der Waals surface area contributed by atoms with Crippen molar-refractivity contribution in [2.45, 2.75) is 32.7 Å². The third kappa shape index (κ3) is 2.88. The normalized spacial score (nSPS) is 12.9. The summed E-state index contributed by atoms with van der Waals surface area (Å²) in [5, 5.41) is 12.0. The van der Waals surface area contributed by atoms with Gasteiger partial charge in [-0.2, -0.15) is 5.10 Å². The maximum absolute atomic E-state index is 4.53. The van der Waals surface area contributed by atoms with Crippen molar-refractivity contribution in [1.29, 1.82) is 0 Å². The van der Waals surface area contributed by atoms with Crippen LogP contribution in [-0.2, 0) is 19.9 Å². The van der Waals surface area contributed by atoms with E-state index in [4.69, 9.17) is 0 Å². The molecule has 0 bridgehead atoms. The van der Waals surface area contributed by atoms with Crippen LogP contribution < -0.4 is 5.32 Å². The quantitative estimate of drug-likeness (QED) is 0.905. The lowest BCUT2D eigenvalue weighted by atomic mass is 10.1. The molecule has 0 aliphatic rings. The molecule has 0 amide bonds. The molecule has 0 radical (unpaired) electrons. The monoisotopic (exact) mass is 343 g/mol. The standard InChI is InChI=1S/C12H18BrN5S/c1-5-8-11(13)10(18(4)16-8)6-9(14-3)12-7(2)15-17-19-12/h9,14H,5-6H2,1-4H3. The average molecular weight is 344 g/mol. The first-order chi connectivity index (χ1) is 9.08. The van der Waals surface area contributed by atoms with Crippen molar-refractivity contribution in [2.24, 2.45) is 7.05 Å². The highest BCUT2D eigenvalue weighted by molar-refractivity contribution is 9.10. The van der Waals surface area contributed by atoms with Crippen LogP contribution in [0.15, 0.2) is 4.47 Å². The lowest BCUT2D eigenvalue weighted by molar-refractivity contribution is 0.564. The largest absolute Gasteiger partial charge is 0.312 e. The molecule has 0 aliphatic carbocycles. The maximum Gasteiger partial charge on any atom is 0.0772 e. The minimum absolute atomic E-state index is 0.219. The second kappa shape index (κ2) is 6.11. The molecule has 1 atom stereocenters. The van der Waals surface area contributed by atoms with E-state index < -0.39 is 0 Å². The zero-order chi connectivity index (χ0) is 14.0. The zero-order valence-electron chi connectivity index (χ0n) is 11.6. The number of aromatic nitrogens is 4. The van der Waals surface area contributed by atoms with Crippen LogP contribution in [0.3, 0.4) is 0 Å². The highest BCUT2D eigenvalue weighted by atomic mass is 79.9. The highest BCUT2D eigenvalue weighted by Gasteiger charge is 2.21. The number of nitrogens with one attached hydrogen (secondary N) is 1. The third-order valence-corrected chi connectivity index (χ3v) is 5.11. The molecule has 0 aliphatic heterocycles. The minimum atomic E-state index is 0.219. The van der Waals surface area contributed by atoms with E-state index in [0.29, 0.717) is 0 Å². The van der Waals surface area contributed by atoms with E-state index in [2.05, 4.69) is 42.9 Å². The van der Waals surface area contributed by atoms with E-state index in [-0.39, 0.29) is 6.04 Å². The SMILES string of the molecule is CCc1nn(C)c(CC(NC)c2snnc2C)c1Br. The van der Waals surface area contributed by atoms with E-state index in [1.165, 1.54) is 22.1 Å². The number of nitrogens with zero attached hydrogens (tertiary/aromatic N) is 4. The summed E-state index contributed by atoms with van der Waals surface area (Å²) < 4.78 is 7.09. The highest BCUT2D eigenvalue weighted by Crippen LogP contribution is 2.28. The number of halogens is 1. The molecular formula is C12H18BrN5S. The Labute approximate surface area is 125 Å². The van der Waals surface area contributed by atoms with Crippen molar-refractivity contribution in [3.05, 3.63) is 26.4 Å². The predicted molar refractivity (Wildman–Crippen MR) is 80.4 cm³/mol. The summed E-state index contributed by atoms with van der Waals surface area (Å²) in [5.41, 5.74) is 3.30. The summed E-state index contributed by atoms with van der Waals surface area (Å²) in [6, 6.07) is 0.219. The Kier molecular flexibility index (Phi) is 4.70. The number of likely N-dealkylation sites (N-methyl/N-ethyl adjacent to an activating group) is 1. The van der Waals surface area contributed by atoms with Crippen LogP contribution in [0.5, 0.6) is 0 Å². The van der Waals surface area contributed by atoms with Gasteiger partial charge in [-0.3, -0.25) is 4.68 Å². The van der Waals surface area contributed by atoms with Gasteiger partial charge in [-0.15, -0.1) is 5.10 Å². The number of aryl methyl sites for hydroxylation is 3. The van der Waals surface area contributed by atoms with Gasteiger partial charge in [0.1, 0.15) is 0 Å². The summed E-state index contributed by atoms with van der Waals surface area (Å²) in [6.07, 6.45) is 1.80. The van der Waals surface area contributed by atoms with E-state index in [9.17, 15) is 0 Å². The molecule has 19 heavy (non-hydrogen) atoms. The van der Waals surface area contributed by atoms with Gasteiger partial charge in [0.15, 0.2) is 0 Å². The van der Waals surface area contributed by atoms with Crippen LogP contribution >= 0.6 is 27.5 Å². The molecule has 1 unspecified atom stereocenters. The minimum Gasteiger partial charge on any atom is -0.312 e. The van der Waals surface area contributed by atoms with Crippen LogP contribution in [0.1, 0.15) is 34.9 Å². The Morgan fingerprint density at radius 1 is 1.47 bits per heavy atom. The van der Waals surface area contributed by atoms with Gasteiger partial charge in [-0.25, -0.2) is 0 Å². The molecule has 0 spiro atoms. The lowest BCUT2D eigenvalue weighted by Gasteiger charge is -2.15. The van der Waals surface area contributed by atoms with Crippen LogP contribution in [0.4, 0.5) is 0 Å². The summed E-state index contributed by atoms with van der Waals surface area (Å²) in [7, 11) is 3.96. The van der Waals surface area contributed by atoms with Crippen LogP contribution in [-0.4, -0.2) is 26.4 Å². The van der Waals surface area contributed by atoms with E-state index in [1.54, 1.807) is 0 Å². The number of hydrogen-bond acceptors (Lipinski definition) is 5. The zero-order valence-corrected chi connectivity index (χ0v) is 14.0. The number of hydrogen-bond donors (Lipinski definition) is 1.